The molecule has 5 aromatic rings. The average molecular weight is 763 g/mol. The van der Waals surface area contributed by atoms with Gasteiger partial charge < -0.3 is 49.2 Å². The van der Waals surface area contributed by atoms with Crippen LogP contribution in [0.1, 0.15) is 79.4 Å². The van der Waals surface area contributed by atoms with Crippen LogP contribution in [-0.2, 0) is 11.2 Å². The SMILES string of the molecule is COCCC[C@H]1Oc2c(cc(OC3CCCCC3)c3cc(O)ccc23)[C@H](O)[C@@H]1[C@H]1COc2c(Cc3cc(O)ccc3-c3cccc(O)c3)cc(OC)cc2[C@H]1O. The van der Waals surface area contributed by atoms with Crippen LogP contribution < -0.4 is 18.9 Å². The van der Waals surface area contributed by atoms with E-state index in [2.05, 4.69) is 0 Å². The minimum Gasteiger partial charge on any atom is -0.508 e. The van der Waals surface area contributed by atoms with Crippen molar-refractivity contribution >= 4 is 10.8 Å². The number of phenolic OH excluding ortho intramolecular Hbond substituents is 3. The maximum Gasteiger partial charge on any atom is 0.133 e. The van der Waals surface area contributed by atoms with E-state index in [0.717, 1.165) is 58.7 Å². The first kappa shape index (κ1) is 37.7. The normalized spacial score (nSPS) is 22.1. The molecular formula is C46H50O10. The summed E-state index contributed by atoms with van der Waals surface area (Å²) in [7, 11) is 3.23. The lowest BCUT2D eigenvalue weighted by molar-refractivity contribution is -0.0884. The zero-order valence-electron chi connectivity index (χ0n) is 31.8. The molecule has 10 heteroatoms. The lowest BCUT2D eigenvalue weighted by Crippen LogP contribution is -2.46. The first-order valence-corrected chi connectivity index (χ1v) is 19.6. The molecule has 10 nitrogen and oxygen atoms in total. The van der Waals surface area contributed by atoms with E-state index in [4.69, 9.17) is 23.7 Å². The van der Waals surface area contributed by atoms with Crippen molar-refractivity contribution in [1.82, 2.24) is 0 Å². The Labute approximate surface area is 326 Å². The Kier molecular flexibility index (Phi) is 10.9. The summed E-state index contributed by atoms with van der Waals surface area (Å²) in [6.07, 6.45) is 4.28. The highest BCUT2D eigenvalue weighted by Crippen LogP contribution is 2.54. The van der Waals surface area contributed by atoms with Gasteiger partial charge in [0.05, 0.1) is 32.0 Å². The number of benzene rings is 5. The van der Waals surface area contributed by atoms with Crippen molar-refractivity contribution in [2.75, 3.05) is 27.4 Å². The lowest BCUT2D eigenvalue weighted by atomic mass is 9.72. The first-order chi connectivity index (χ1) is 27.2. The van der Waals surface area contributed by atoms with Crippen molar-refractivity contribution < 1.29 is 49.2 Å². The Balaban J connectivity index is 1.17. The molecule has 0 saturated heterocycles. The summed E-state index contributed by atoms with van der Waals surface area (Å²) in [6, 6.07) is 22.8. The number of ether oxygens (including phenoxy) is 5. The first-order valence-electron chi connectivity index (χ1n) is 19.6. The molecule has 2 aliphatic heterocycles. The number of hydrogen-bond donors (Lipinski definition) is 5. The van der Waals surface area contributed by atoms with E-state index in [1.165, 1.54) is 6.42 Å². The Hall–Kier alpha value is -5.16. The second-order valence-electron chi connectivity index (χ2n) is 15.4. The molecular weight excluding hydrogens is 712 g/mol. The highest BCUT2D eigenvalue weighted by Gasteiger charge is 2.48. The monoisotopic (exact) mass is 762 g/mol. The Morgan fingerprint density at radius 3 is 2.29 bits per heavy atom. The standard InChI is InChI=1S/C46H50O10/c1-52-17-7-12-40-42(44(51)38-24-41(55-32-10-4-3-5-11-32)36-22-31(49)14-16-35(36)46(38)56-40)39-25-54-45-28(21-33(53-2)23-37(45)43(39)50)18-27-20-30(48)13-15-34(27)26-8-6-9-29(47)19-26/h6,8-9,13-16,19-24,32,39-40,42-44,47-51H,3-5,7,10-12,17-18,25H2,1-2H3/t39-,40-,42-,43-,44+/m1/s1. The molecule has 5 aromatic carbocycles. The molecule has 0 radical (unpaired) electrons. The van der Waals surface area contributed by atoms with E-state index in [-0.39, 0.29) is 30.0 Å². The predicted octanol–water partition coefficient (Wildman–Crippen LogP) is 8.51. The molecule has 0 unspecified atom stereocenters. The van der Waals surface area contributed by atoms with Gasteiger partial charge in [0.1, 0.15) is 46.4 Å². The van der Waals surface area contributed by atoms with Gasteiger partial charge in [0.15, 0.2) is 0 Å². The Morgan fingerprint density at radius 2 is 1.50 bits per heavy atom. The van der Waals surface area contributed by atoms with Crippen LogP contribution in [0.2, 0.25) is 0 Å². The number of aliphatic hydroxyl groups is 2. The topological polar surface area (TPSA) is 147 Å². The van der Waals surface area contributed by atoms with Gasteiger partial charge in [-0.1, -0.05) is 24.6 Å². The van der Waals surface area contributed by atoms with Crippen molar-refractivity contribution in [3.8, 4) is 51.4 Å². The van der Waals surface area contributed by atoms with Gasteiger partial charge in [0.2, 0.25) is 0 Å². The number of rotatable bonds is 11. The van der Waals surface area contributed by atoms with Crippen LogP contribution in [-0.4, -0.2) is 65.2 Å². The summed E-state index contributed by atoms with van der Waals surface area (Å²) in [5, 5.41) is 57.6. The third kappa shape index (κ3) is 7.41. The van der Waals surface area contributed by atoms with Crippen LogP contribution in [0, 0.1) is 11.8 Å². The Bertz CT molecular complexity index is 2190. The van der Waals surface area contributed by atoms with Gasteiger partial charge in [-0.2, -0.15) is 0 Å². The van der Waals surface area contributed by atoms with Crippen LogP contribution >= 0.6 is 0 Å². The van der Waals surface area contributed by atoms with Crippen molar-refractivity contribution in [1.29, 1.82) is 0 Å². The summed E-state index contributed by atoms with van der Waals surface area (Å²) in [5.74, 6) is 1.41. The summed E-state index contributed by atoms with van der Waals surface area (Å²) in [6.45, 7) is 0.617. The maximum absolute atomic E-state index is 12.5. The van der Waals surface area contributed by atoms with Crippen LogP contribution in [0.25, 0.3) is 21.9 Å². The molecule has 0 aromatic heterocycles. The molecule has 3 aliphatic rings. The molecule has 5 N–H and O–H groups in total. The number of phenols is 3. The number of aromatic hydroxyl groups is 3. The molecule has 2 heterocycles. The smallest absolute Gasteiger partial charge is 0.133 e. The van der Waals surface area contributed by atoms with E-state index < -0.39 is 30.1 Å². The summed E-state index contributed by atoms with van der Waals surface area (Å²) in [5.41, 5.74) is 4.29. The minimum atomic E-state index is -1.05. The van der Waals surface area contributed by atoms with E-state index in [0.29, 0.717) is 60.0 Å². The van der Waals surface area contributed by atoms with Gasteiger partial charge in [-0.3, -0.25) is 0 Å². The molecule has 8 rings (SSSR count). The quantitative estimate of drug-likeness (QED) is 0.0830. The fourth-order valence-corrected chi connectivity index (χ4v) is 9.05. The number of aliphatic hydroxyl groups excluding tert-OH is 2. The van der Waals surface area contributed by atoms with Gasteiger partial charge in [0, 0.05) is 59.4 Å². The molecule has 1 fully saturated rings. The van der Waals surface area contributed by atoms with Crippen molar-refractivity contribution in [3.05, 3.63) is 101 Å². The lowest BCUT2D eigenvalue weighted by Gasteiger charge is -2.45. The van der Waals surface area contributed by atoms with Crippen molar-refractivity contribution in [2.45, 2.75) is 75.8 Å². The van der Waals surface area contributed by atoms with Crippen molar-refractivity contribution in [2.24, 2.45) is 11.8 Å². The highest BCUT2D eigenvalue weighted by atomic mass is 16.5. The van der Waals surface area contributed by atoms with Gasteiger partial charge in [-0.25, -0.2) is 0 Å². The van der Waals surface area contributed by atoms with Gasteiger partial charge in [-0.15, -0.1) is 0 Å². The third-order valence-corrected chi connectivity index (χ3v) is 11.8. The average Bonchev–Trinajstić information content (AvgIpc) is 3.19. The van der Waals surface area contributed by atoms with Crippen LogP contribution in [0.3, 0.4) is 0 Å². The number of fused-ring (bicyclic) bond motifs is 4. The number of hydrogen-bond acceptors (Lipinski definition) is 10. The van der Waals surface area contributed by atoms with Crippen LogP contribution in [0.4, 0.5) is 0 Å². The zero-order valence-corrected chi connectivity index (χ0v) is 31.8. The van der Waals surface area contributed by atoms with E-state index in [9.17, 15) is 25.5 Å². The van der Waals surface area contributed by atoms with Crippen LogP contribution in [0.15, 0.2) is 78.9 Å². The minimum absolute atomic E-state index is 0.0385. The molecule has 56 heavy (non-hydrogen) atoms. The molecule has 5 atom stereocenters. The highest BCUT2D eigenvalue weighted by molar-refractivity contribution is 5.96. The summed E-state index contributed by atoms with van der Waals surface area (Å²) < 4.78 is 31.3. The fourth-order valence-electron chi connectivity index (χ4n) is 9.05. The Morgan fingerprint density at radius 1 is 0.732 bits per heavy atom. The van der Waals surface area contributed by atoms with Gasteiger partial charge in [0.25, 0.3) is 0 Å². The molecule has 1 aliphatic carbocycles. The second kappa shape index (κ2) is 16.1. The number of methoxy groups -OCH3 is 2. The van der Waals surface area contributed by atoms with Gasteiger partial charge in [-0.05, 0) is 116 Å². The molecule has 1 saturated carbocycles. The van der Waals surface area contributed by atoms with E-state index in [1.54, 1.807) is 62.8 Å². The van der Waals surface area contributed by atoms with Gasteiger partial charge >= 0.3 is 0 Å². The molecule has 294 valence electrons. The third-order valence-electron chi connectivity index (χ3n) is 11.8. The largest absolute Gasteiger partial charge is 0.508 e. The fraction of sp³-hybridized carbons (Fsp3) is 0.391. The molecule has 0 bridgehead atoms. The maximum atomic E-state index is 12.5. The molecule has 0 amide bonds. The van der Waals surface area contributed by atoms with Crippen molar-refractivity contribution in [3.63, 3.8) is 0 Å². The second-order valence-corrected chi connectivity index (χ2v) is 15.4. The summed E-state index contributed by atoms with van der Waals surface area (Å²) >= 11 is 0. The van der Waals surface area contributed by atoms with E-state index >= 15 is 0 Å². The summed E-state index contributed by atoms with van der Waals surface area (Å²) in [4.78, 5) is 0. The van der Waals surface area contributed by atoms with E-state index in [1.807, 2.05) is 30.3 Å². The molecule has 0 spiro atoms. The predicted molar refractivity (Wildman–Crippen MR) is 212 cm³/mol. The van der Waals surface area contributed by atoms with Crippen LogP contribution in [0.5, 0.6) is 40.2 Å². The zero-order chi connectivity index (χ0) is 38.9.